The van der Waals surface area contributed by atoms with Crippen LogP contribution in [0.5, 0.6) is 0 Å². The number of methoxy groups -OCH3 is 1. The number of hydrogen-bond acceptors (Lipinski definition) is 6. The predicted molar refractivity (Wildman–Crippen MR) is 69.8 cm³/mol. The van der Waals surface area contributed by atoms with E-state index < -0.39 is 21.7 Å². The molecule has 0 aromatic heterocycles. The Labute approximate surface area is 116 Å². The highest BCUT2D eigenvalue weighted by atomic mass is 32.2. The van der Waals surface area contributed by atoms with Gasteiger partial charge in [-0.1, -0.05) is 0 Å². The molecule has 0 bridgehead atoms. The molecule has 0 aliphatic carbocycles. The van der Waals surface area contributed by atoms with E-state index in [9.17, 15) is 18.0 Å². The molecule has 0 heterocycles. The summed E-state index contributed by atoms with van der Waals surface area (Å²) in [5.41, 5.74) is -0.00813. The number of hydrogen-bond donors (Lipinski definition) is 1. The van der Waals surface area contributed by atoms with Crippen LogP contribution in [0.15, 0.2) is 23.1 Å². The number of ether oxygens (including phenoxy) is 1. The third-order valence-corrected chi connectivity index (χ3v) is 3.45. The molecule has 0 unspecified atom stereocenters. The van der Waals surface area contributed by atoms with Crippen LogP contribution in [0.4, 0.5) is 5.69 Å². The second kappa shape index (κ2) is 6.16. The summed E-state index contributed by atoms with van der Waals surface area (Å²) in [5.74, 6) is -1.40. The van der Waals surface area contributed by atoms with Crippen LogP contribution in [0, 0.1) is 11.3 Å². The van der Waals surface area contributed by atoms with Crippen LogP contribution in [-0.4, -0.2) is 33.7 Å². The standard InChI is InChI=1S/C12H12N2O5S/c1-19-12(16)9-7-8(20(2,17)18)3-4-10(9)14-11(15)5-6-13/h3-4,7H,5H2,1-2H3,(H,14,15). The van der Waals surface area contributed by atoms with Gasteiger partial charge in [-0.25, -0.2) is 13.2 Å². The molecule has 1 aromatic carbocycles. The first-order chi connectivity index (χ1) is 9.29. The van der Waals surface area contributed by atoms with Crippen molar-refractivity contribution in [1.29, 1.82) is 5.26 Å². The Bertz CT molecular complexity index is 688. The predicted octanol–water partition coefficient (Wildman–Crippen LogP) is 0.729. The fourth-order valence-electron chi connectivity index (χ4n) is 1.41. The summed E-state index contributed by atoms with van der Waals surface area (Å²) in [5, 5.41) is 10.8. The van der Waals surface area contributed by atoms with Gasteiger partial charge in [0.1, 0.15) is 6.42 Å². The summed E-state index contributed by atoms with van der Waals surface area (Å²) < 4.78 is 27.4. The maximum absolute atomic E-state index is 11.6. The molecule has 1 amide bonds. The highest BCUT2D eigenvalue weighted by Crippen LogP contribution is 2.21. The minimum Gasteiger partial charge on any atom is -0.465 e. The maximum Gasteiger partial charge on any atom is 0.340 e. The molecule has 0 fully saturated rings. The molecule has 0 atom stereocenters. The summed E-state index contributed by atoms with van der Waals surface area (Å²) in [6.07, 6.45) is 0.617. The molecule has 1 N–H and O–H groups in total. The minimum absolute atomic E-state index is 0.0730. The van der Waals surface area contributed by atoms with Crippen molar-refractivity contribution in [2.24, 2.45) is 0 Å². The third kappa shape index (κ3) is 3.80. The van der Waals surface area contributed by atoms with Crippen molar-refractivity contribution in [3.63, 3.8) is 0 Å². The second-order valence-corrected chi connectivity index (χ2v) is 5.87. The average molecular weight is 296 g/mol. The van der Waals surface area contributed by atoms with E-state index in [4.69, 9.17) is 5.26 Å². The largest absolute Gasteiger partial charge is 0.465 e. The molecule has 0 spiro atoms. The van der Waals surface area contributed by atoms with E-state index in [1.165, 1.54) is 12.1 Å². The van der Waals surface area contributed by atoms with Gasteiger partial charge >= 0.3 is 5.97 Å². The third-order valence-electron chi connectivity index (χ3n) is 2.34. The van der Waals surface area contributed by atoms with E-state index in [2.05, 4.69) is 10.1 Å². The average Bonchev–Trinajstić information content (AvgIpc) is 2.37. The molecule has 0 aliphatic rings. The summed E-state index contributed by atoms with van der Waals surface area (Å²) in [6, 6.07) is 5.31. The summed E-state index contributed by atoms with van der Waals surface area (Å²) >= 11 is 0. The SMILES string of the molecule is COC(=O)c1cc(S(C)(=O)=O)ccc1NC(=O)CC#N. The number of carbonyl (C=O) groups excluding carboxylic acids is 2. The number of rotatable bonds is 4. The van der Waals surface area contributed by atoms with E-state index in [-0.39, 0.29) is 22.6 Å². The lowest BCUT2D eigenvalue weighted by atomic mass is 10.1. The Kier molecular flexibility index (Phi) is 4.83. The Balaban J connectivity index is 3.28. The van der Waals surface area contributed by atoms with Crippen molar-refractivity contribution < 1.29 is 22.7 Å². The van der Waals surface area contributed by atoms with Crippen LogP contribution in [0.2, 0.25) is 0 Å². The summed E-state index contributed by atoms with van der Waals surface area (Å²) in [4.78, 5) is 22.9. The number of benzene rings is 1. The first-order valence-electron chi connectivity index (χ1n) is 5.39. The number of nitriles is 1. The van der Waals surface area contributed by atoms with Crippen LogP contribution in [0.3, 0.4) is 0 Å². The molecule has 1 rings (SSSR count). The van der Waals surface area contributed by atoms with Crippen molar-refractivity contribution in [3.8, 4) is 6.07 Å². The van der Waals surface area contributed by atoms with Crippen molar-refractivity contribution in [2.45, 2.75) is 11.3 Å². The fraction of sp³-hybridized carbons (Fsp3) is 0.250. The van der Waals surface area contributed by atoms with Crippen LogP contribution in [0.1, 0.15) is 16.8 Å². The highest BCUT2D eigenvalue weighted by molar-refractivity contribution is 7.90. The first-order valence-corrected chi connectivity index (χ1v) is 7.28. The van der Waals surface area contributed by atoms with Crippen LogP contribution >= 0.6 is 0 Å². The lowest BCUT2D eigenvalue weighted by Crippen LogP contribution is -2.15. The van der Waals surface area contributed by atoms with Gasteiger partial charge in [0.05, 0.1) is 29.3 Å². The smallest absolute Gasteiger partial charge is 0.340 e. The van der Waals surface area contributed by atoms with Gasteiger partial charge in [0.2, 0.25) is 5.91 Å². The van der Waals surface area contributed by atoms with Gasteiger partial charge in [0.25, 0.3) is 0 Å². The van der Waals surface area contributed by atoms with Gasteiger partial charge in [0, 0.05) is 6.26 Å². The minimum atomic E-state index is -3.50. The quantitative estimate of drug-likeness (QED) is 0.819. The molecule has 0 saturated heterocycles. The molecule has 8 heteroatoms. The Hall–Kier alpha value is -2.40. The van der Waals surface area contributed by atoms with Gasteiger partial charge in [-0.2, -0.15) is 5.26 Å². The van der Waals surface area contributed by atoms with Crippen molar-refractivity contribution in [1.82, 2.24) is 0 Å². The highest BCUT2D eigenvalue weighted by Gasteiger charge is 2.18. The maximum atomic E-state index is 11.6. The molecular weight excluding hydrogens is 284 g/mol. The van der Waals surface area contributed by atoms with Crippen molar-refractivity contribution in [3.05, 3.63) is 23.8 Å². The fourth-order valence-corrected chi connectivity index (χ4v) is 2.06. The molecule has 106 valence electrons. The molecule has 7 nitrogen and oxygen atoms in total. The summed E-state index contributed by atoms with van der Waals surface area (Å²) in [7, 11) is -2.36. The number of nitrogens with zero attached hydrogens (tertiary/aromatic N) is 1. The zero-order valence-electron chi connectivity index (χ0n) is 10.8. The number of sulfone groups is 1. The van der Waals surface area contributed by atoms with Crippen LogP contribution < -0.4 is 5.32 Å². The number of esters is 1. The first kappa shape index (κ1) is 15.7. The zero-order valence-corrected chi connectivity index (χ0v) is 11.7. The van der Waals surface area contributed by atoms with E-state index in [0.717, 1.165) is 19.4 Å². The van der Waals surface area contributed by atoms with Gasteiger partial charge in [-0.15, -0.1) is 0 Å². The Morgan fingerprint density at radius 3 is 2.55 bits per heavy atom. The number of amides is 1. The van der Waals surface area contributed by atoms with E-state index in [1.807, 2.05) is 0 Å². The van der Waals surface area contributed by atoms with Gasteiger partial charge in [-0.3, -0.25) is 4.79 Å². The van der Waals surface area contributed by atoms with Crippen LogP contribution in [-0.2, 0) is 19.4 Å². The van der Waals surface area contributed by atoms with Gasteiger partial charge < -0.3 is 10.1 Å². The lowest BCUT2D eigenvalue weighted by molar-refractivity contribution is -0.115. The Morgan fingerprint density at radius 2 is 2.05 bits per heavy atom. The molecule has 0 saturated carbocycles. The Morgan fingerprint density at radius 1 is 1.40 bits per heavy atom. The lowest BCUT2D eigenvalue weighted by Gasteiger charge is -2.10. The molecule has 0 radical (unpaired) electrons. The number of anilines is 1. The van der Waals surface area contributed by atoms with Crippen molar-refractivity contribution >= 4 is 27.4 Å². The molecule has 1 aromatic rings. The molecule has 0 aliphatic heterocycles. The number of nitrogens with one attached hydrogen (secondary N) is 1. The molecular formula is C12H12N2O5S. The monoisotopic (exact) mass is 296 g/mol. The van der Waals surface area contributed by atoms with E-state index in [0.29, 0.717) is 0 Å². The number of carbonyl (C=O) groups is 2. The van der Waals surface area contributed by atoms with Gasteiger partial charge in [0.15, 0.2) is 9.84 Å². The summed E-state index contributed by atoms with van der Waals surface area (Å²) in [6.45, 7) is 0. The van der Waals surface area contributed by atoms with Gasteiger partial charge in [-0.05, 0) is 18.2 Å². The second-order valence-electron chi connectivity index (χ2n) is 3.85. The van der Waals surface area contributed by atoms with E-state index >= 15 is 0 Å². The van der Waals surface area contributed by atoms with E-state index in [1.54, 1.807) is 6.07 Å². The normalized spacial score (nSPS) is 10.4. The van der Waals surface area contributed by atoms with Crippen molar-refractivity contribution in [2.75, 3.05) is 18.7 Å². The van der Waals surface area contributed by atoms with Crippen LogP contribution in [0.25, 0.3) is 0 Å². The zero-order chi connectivity index (χ0) is 15.3. The topological polar surface area (TPSA) is 113 Å². The molecule has 20 heavy (non-hydrogen) atoms.